The Morgan fingerprint density at radius 2 is 1.92 bits per heavy atom. The molecule has 0 bridgehead atoms. The molecular formula is C22H19FN2O. The van der Waals surface area contributed by atoms with Gasteiger partial charge in [-0.15, -0.1) is 0 Å². The number of aromatic nitrogens is 1. The lowest BCUT2D eigenvalue weighted by Gasteiger charge is -2.17. The van der Waals surface area contributed by atoms with E-state index in [-0.39, 0.29) is 11.7 Å². The van der Waals surface area contributed by atoms with E-state index in [2.05, 4.69) is 4.98 Å². The van der Waals surface area contributed by atoms with E-state index in [1.54, 1.807) is 23.2 Å². The molecule has 4 heteroatoms. The van der Waals surface area contributed by atoms with Crippen molar-refractivity contribution in [2.24, 2.45) is 0 Å². The highest BCUT2D eigenvalue weighted by atomic mass is 19.1. The van der Waals surface area contributed by atoms with E-state index in [1.165, 1.54) is 6.07 Å². The third-order valence-corrected chi connectivity index (χ3v) is 4.93. The van der Waals surface area contributed by atoms with Crippen LogP contribution < -0.4 is 0 Å². The first-order valence-corrected chi connectivity index (χ1v) is 8.76. The number of halogens is 1. The molecule has 4 rings (SSSR count). The van der Waals surface area contributed by atoms with Gasteiger partial charge in [0.1, 0.15) is 5.82 Å². The average Bonchev–Trinajstić information content (AvgIpc) is 3.19. The van der Waals surface area contributed by atoms with Crippen LogP contribution in [-0.4, -0.2) is 28.9 Å². The molecule has 2 heterocycles. The van der Waals surface area contributed by atoms with Crippen molar-refractivity contribution in [1.82, 2.24) is 9.88 Å². The molecule has 0 N–H and O–H groups in total. The van der Waals surface area contributed by atoms with Gasteiger partial charge < -0.3 is 4.90 Å². The SMILES string of the molecule is O=C(c1ccc(-c2ccccc2)c(F)c1)N1CCC(c2cccnc2)C1. The zero-order valence-corrected chi connectivity index (χ0v) is 14.3. The lowest BCUT2D eigenvalue weighted by Crippen LogP contribution is -2.28. The average molecular weight is 346 g/mol. The van der Waals surface area contributed by atoms with Crippen molar-refractivity contribution in [2.45, 2.75) is 12.3 Å². The van der Waals surface area contributed by atoms with E-state index < -0.39 is 0 Å². The van der Waals surface area contributed by atoms with Gasteiger partial charge in [0.25, 0.3) is 5.91 Å². The third kappa shape index (κ3) is 3.23. The molecule has 1 aliphatic heterocycles. The van der Waals surface area contributed by atoms with Crippen LogP contribution >= 0.6 is 0 Å². The summed E-state index contributed by atoms with van der Waals surface area (Å²) in [4.78, 5) is 18.7. The van der Waals surface area contributed by atoms with Gasteiger partial charge in [0.15, 0.2) is 0 Å². The summed E-state index contributed by atoms with van der Waals surface area (Å²) in [7, 11) is 0. The van der Waals surface area contributed by atoms with E-state index >= 15 is 0 Å². The minimum atomic E-state index is -0.370. The summed E-state index contributed by atoms with van der Waals surface area (Å²) in [5.74, 6) is -0.193. The molecule has 0 spiro atoms. The van der Waals surface area contributed by atoms with Crippen molar-refractivity contribution in [1.29, 1.82) is 0 Å². The van der Waals surface area contributed by atoms with Crippen LogP contribution in [0.2, 0.25) is 0 Å². The summed E-state index contributed by atoms with van der Waals surface area (Å²) in [6.07, 6.45) is 4.51. The van der Waals surface area contributed by atoms with Crippen molar-refractivity contribution in [2.75, 3.05) is 13.1 Å². The zero-order chi connectivity index (χ0) is 17.9. The van der Waals surface area contributed by atoms with Crippen LogP contribution in [0, 0.1) is 5.82 Å². The third-order valence-electron chi connectivity index (χ3n) is 4.93. The molecule has 1 amide bonds. The maximum Gasteiger partial charge on any atom is 0.253 e. The van der Waals surface area contributed by atoms with Crippen LogP contribution in [-0.2, 0) is 0 Å². The van der Waals surface area contributed by atoms with E-state index in [0.29, 0.717) is 30.1 Å². The second-order valence-electron chi connectivity index (χ2n) is 6.58. The molecular weight excluding hydrogens is 327 g/mol. The standard InChI is InChI=1S/C22H19FN2O/c23-21-13-17(8-9-20(21)16-5-2-1-3-6-16)22(26)25-12-10-19(15-25)18-7-4-11-24-14-18/h1-9,11,13-14,19H,10,12,15H2. The Morgan fingerprint density at radius 1 is 1.08 bits per heavy atom. The Morgan fingerprint density at radius 3 is 2.65 bits per heavy atom. The minimum Gasteiger partial charge on any atom is -0.338 e. The number of hydrogen-bond acceptors (Lipinski definition) is 2. The number of amides is 1. The molecule has 3 aromatic rings. The predicted octanol–water partition coefficient (Wildman–Crippen LogP) is 4.52. The van der Waals surface area contributed by atoms with Gasteiger partial charge in [-0.05, 0) is 35.7 Å². The second-order valence-corrected chi connectivity index (χ2v) is 6.58. The summed E-state index contributed by atoms with van der Waals surface area (Å²) in [5.41, 5.74) is 2.86. The fraction of sp³-hybridized carbons (Fsp3) is 0.182. The molecule has 1 atom stereocenters. The van der Waals surface area contributed by atoms with Gasteiger partial charge in [0.05, 0.1) is 0 Å². The molecule has 0 radical (unpaired) electrons. The van der Waals surface area contributed by atoms with Gasteiger partial charge >= 0.3 is 0 Å². The molecule has 1 fully saturated rings. The van der Waals surface area contributed by atoms with Crippen LogP contribution in [0.4, 0.5) is 4.39 Å². The normalized spacial score (nSPS) is 16.7. The largest absolute Gasteiger partial charge is 0.338 e. The molecule has 1 unspecified atom stereocenters. The number of carbonyl (C=O) groups is 1. The highest BCUT2D eigenvalue weighted by Crippen LogP contribution is 2.29. The van der Waals surface area contributed by atoms with Crippen molar-refractivity contribution in [3.63, 3.8) is 0 Å². The summed E-state index contributed by atoms with van der Waals surface area (Å²) >= 11 is 0. The molecule has 1 saturated heterocycles. The molecule has 130 valence electrons. The monoisotopic (exact) mass is 346 g/mol. The van der Waals surface area contributed by atoms with Crippen LogP contribution in [0.15, 0.2) is 73.1 Å². The van der Waals surface area contributed by atoms with Gasteiger partial charge in [-0.1, -0.05) is 42.5 Å². The predicted molar refractivity (Wildman–Crippen MR) is 99.3 cm³/mol. The minimum absolute atomic E-state index is 0.116. The lowest BCUT2D eigenvalue weighted by molar-refractivity contribution is 0.0790. The Kier molecular flexibility index (Phi) is 4.48. The molecule has 26 heavy (non-hydrogen) atoms. The smallest absolute Gasteiger partial charge is 0.253 e. The molecule has 2 aromatic carbocycles. The molecule has 0 saturated carbocycles. The molecule has 3 nitrogen and oxygen atoms in total. The van der Waals surface area contributed by atoms with Crippen molar-refractivity contribution in [3.8, 4) is 11.1 Å². The number of carbonyl (C=O) groups excluding carboxylic acids is 1. The van der Waals surface area contributed by atoms with Crippen molar-refractivity contribution < 1.29 is 9.18 Å². The fourth-order valence-corrected chi connectivity index (χ4v) is 3.52. The topological polar surface area (TPSA) is 33.2 Å². The number of likely N-dealkylation sites (tertiary alicyclic amines) is 1. The quantitative estimate of drug-likeness (QED) is 0.699. The molecule has 1 aliphatic rings. The van der Waals surface area contributed by atoms with Gasteiger partial charge in [0.2, 0.25) is 0 Å². The maximum absolute atomic E-state index is 14.5. The Balaban J connectivity index is 1.51. The summed E-state index contributed by atoms with van der Waals surface area (Å²) in [6.45, 7) is 1.33. The van der Waals surface area contributed by atoms with E-state index in [0.717, 1.165) is 17.5 Å². The van der Waals surface area contributed by atoms with Crippen molar-refractivity contribution in [3.05, 3.63) is 90.0 Å². The fourth-order valence-electron chi connectivity index (χ4n) is 3.52. The Labute approximate surface area is 152 Å². The van der Waals surface area contributed by atoms with E-state index in [4.69, 9.17) is 0 Å². The number of rotatable bonds is 3. The van der Waals surface area contributed by atoms with E-state index in [9.17, 15) is 9.18 Å². The first-order valence-electron chi connectivity index (χ1n) is 8.76. The summed E-state index contributed by atoms with van der Waals surface area (Å²) in [6, 6.07) is 18.1. The van der Waals surface area contributed by atoms with Crippen LogP contribution in [0.1, 0.15) is 28.3 Å². The molecule has 0 aliphatic carbocycles. The van der Waals surface area contributed by atoms with Crippen LogP contribution in [0.5, 0.6) is 0 Å². The van der Waals surface area contributed by atoms with Crippen LogP contribution in [0.3, 0.4) is 0 Å². The first kappa shape index (κ1) is 16.5. The maximum atomic E-state index is 14.5. The number of nitrogens with zero attached hydrogens (tertiary/aromatic N) is 2. The van der Waals surface area contributed by atoms with Crippen molar-refractivity contribution >= 4 is 5.91 Å². The van der Waals surface area contributed by atoms with E-state index in [1.807, 2.05) is 48.7 Å². The number of benzene rings is 2. The second kappa shape index (κ2) is 7.08. The Bertz CT molecular complexity index is 912. The summed E-state index contributed by atoms with van der Waals surface area (Å²) < 4.78 is 14.5. The highest BCUT2D eigenvalue weighted by Gasteiger charge is 2.28. The molecule has 1 aromatic heterocycles. The van der Waals surface area contributed by atoms with Gasteiger partial charge in [-0.25, -0.2) is 4.39 Å². The van der Waals surface area contributed by atoms with Gasteiger partial charge in [-0.2, -0.15) is 0 Å². The highest BCUT2D eigenvalue weighted by molar-refractivity contribution is 5.95. The Hall–Kier alpha value is -3.01. The zero-order valence-electron chi connectivity index (χ0n) is 14.3. The lowest BCUT2D eigenvalue weighted by atomic mass is 10.0. The summed E-state index contributed by atoms with van der Waals surface area (Å²) in [5, 5.41) is 0. The van der Waals surface area contributed by atoms with Gasteiger partial charge in [0, 0.05) is 42.5 Å². The number of hydrogen-bond donors (Lipinski definition) is 0. The number of pyridine rings is 1. The van der Waals surface area contributed by atoms with Crippen LogP contribution in [0.25, 0.3) is 11.1 Å². The first-order chi connectivity index (χ1) is 12.7. The van der Waals surface area contributed by atoms with Gasteiger partial charge in [-0.3, -0.25) is 9.78 Å².